The van der Waals surface area contributed by atoms with E-state index in [1.54, 1.807) is 17.4 Å². The number of rotatable bonds is 7. The van der Waals surface area contributed by atoms with Crippen LogP contribution in [-0.2, 0) is 17.6 Å². The van der Waals surface area contributed by atoms with Crippen molar-refractivity contribution >= 4 is 62.8 Å². The average molecular weight is 518 g/mol. The number of hydrogen-bond donors (Lipinski definition) is 4. The van der Waals surface area contributed by atoms with Gasteiger partial charge in [0, 0.05) is 23.4 Å². The van der Waals surface area contributed by atoms with Gasteiger partial charge < -0.3 is 21.3 Å². The molecule has 3 aliphatic rings. The zero-order valence-electron chi connectivity index (χ0n) is 19.0. The van der Waals surface area contributed by atoms with Gasteiger partial charge in [-0.15, -0.1) is 11.3 Å². The molecule has 2 heterocycles. The second-order valence-corrected chi connectivity index (χ2v) is 11.3. The Morgan fingerprint density at radius 1 is 1.18 bits per heavy atom. The van der Waals surface area contributed by atoms with E-state index < -0.39 is 0 Å². The summed E-state index contributed by atoms with van der Waals surface area (Å²) < 4.78 is 0. The van der Waals surface area contributed by atoms with Crippen LogP contribution < -0.4 is 21.3 Å². The fraction of sp³-hybridized carbons (Fsp3) is 0.500. The smallest absolute Gasteiger partial charge is 0.254 e. The van der Waals surface area contributed by atoms with Crippen LogP contribution in [0.3, 0.4) is 0 Å². The van der Waals surface area contributed by atoms with Crippen LogP contribution >= 0.6 is 35.2 Å². The Hall–Kier alpha value is -2.23. The third kappa shape index (κ3) is 5.53. The third-order valence-electron chi connectivity index (χ3n) is 6.56. The highest BCUT2D eigenvalue weighted by Crippen LogP contribution is 2.40. The first-order valence-electron chi connectivity index (χ1n) is 11.8. The van der Waals surface area contributed by atoms with Gasteiger partial charge in [0.1, 0.15) is 10.2 Å². The minimum absolute atomic E-state index is 0.0295. The van der Waals surface area contributed by atoms with Gasteiger partial charge >= 0.3 is 0 Å². The lowest BCUT2D eigenvalue weighted by Gasteiger charge is -2.25. The van der Waals surface area contributed by atoms with Crippen molar-refractivity contribution in [1.82, 2.24) is 15.6 Å². The number of carbonyl (C=O) groups is 2. The average Bonchev–Trinajstić information content (AvgIpc) is 3.71. The molecule has 2 fully saturated rings. The van der Waals surface area contributed by atoms with Crippen molar-refractivity contribution in [2.24, 2.45) is 11.8 Å². The van der Waals surface area contributed by atoms with E-state index in [0.29, 0.717) is 39.7 Å². The van der Waals surface area contributed by atoms with Crippen LogP contribution in [0.15, 0.2) is 12.1 Å². The molecule has 10 heteroatoms. The minimum atomic E-state index is -0.0836. The summed E-state index contributed by atoms with van der Waals surface area (Å²) >= 11 is 13.1. The van der Waals surface area contributed by atoms with Crippen molar-refractivity contribution in [1.29, 1.82) is 0 Å². The molecule has 2 saturated carbocycles. The summed E-state index contributed by atoms with van der Waals surface area (Å²) in [4.78, 5) is 31.1. The van der Waals surface area contributed by atoms with Gasteiger partial charge in [0.15, 0.2) is 5.11 Å². The molecule has 1 atom stereocenters. The van der Waals surface area contributed by atoms with Gasteiger partial charge in [0.25, 0.3) is 5.91 Å². The number of amides is 2. The molecule has 0 aliphatic heterocycles. The van der Waals surface area contributed by atoms with Crippen molar-refractivity contribution in [3.63, 3.8) is 0 Å². The molecule has 7 nitrogen and oxygen atoms in total. The predicted octanol–water partition coefficient (Wildman–Crippen LogP) is 4.44. The lowest BCUT2D eigenvalue weighted by Crippen LogP contribution is -2.41. The van der Waals surface area contributed by atoms with Gasteiger partial charge in [-0.2, -0.15) is 0 Å². The number of halogens is 1. The molecule has 2 aromatic rings. The maximum absolute atomic E-state index is 13.2. The van der Waals surface area contributed by atoms with E-state index in [0.717, 1.165) is 42.6 Å². The van der Waals surface area contributed by atoms with E-state index in [1.807, 2.05) is 13.0 Å². The number of thiocarbonyl (C=S) groups is 1. The minimum Gasteiger partial charge on any atom is -0.359 e. The number of aryl methyl sites for hydroxylation is 2. The second-order valence-electron chi connectivity index (χ2n) is 9.43. The Kier molecular flexibility index (Phi) is 6.77. The molecule has 2 aromatic heterocycles. The molecule has 5 rings (SSSR count). The zero-order valence-corrected chi connectivity index (χ0v) is 21.4. The summed E-state index contributed by atoms with van der Waals surface area (Å²) in [6, 6.07) is 3.67. The molecule has 0 radical (unpaired) electrons. The first-order valence-corrected chi connectivity index (χ1v) is 13.4. The number of carbonyl (C=O) groups excluding carboxylic acids is 2. The Balaban J connectivity index is 1.30. The molecule has 0 saturated heterocycles. The van der Waals surface area contributed by atoms with E-state index in [-0.39, 0.29) is 23.8 Å². The normalized spacial score (nSPS) is 19.2. The second kappa shape index (κ2) is 9.79. The molecule has 34 heavy (non-hydrogen) atoms. The maximum atomic E-state index is 13.2. The summed E-state index contributed by atoms with van der Waals surface area (Å²) in [5.41, 5.74) is 3.24. The fourth-order valence-corrected chi connectivity index (χ4v) is 5.96. The molecule has 0 aromatic carbocycles. The lowest BCUT2D eigenvalue weighted by atomic mass is 9.91. The standard InChI is InChI=1S/C24H28ClN5O2S2/c1-12-17(7-9-19(25)27-12)29-24(33)28-15-6-8-18-16(10-15)20(22(32)26-11-13-2-3-13)23(34-18)30-21(31)14-4-5-14/h7,9,13-15H,2-6,8,10-11H2,1H3,(H,26,32)(H,30,31)(H2,28,29,33)/t15-/m0/s1. The number of nitrogens with zero attached hydrogens (tertiary/aromatic N) is 1. The number of aromatic nitrogens is 1. The van der Waals surface area contributed by atoms with E-state index >= 15 is 0 Å². The van der Waals surface area contributed by atoms with Crippen LogP contribution in [0.5, 0.6) is 0 Å². The molecule has 0 unspecified atom stereocenters. The Morgan fingerprint density at radius 2 is 1.97 bits per heavy atom. The zero-order chi connectivity index (χ0) is 23.8. The molecule has 4 N–H and O–H groups in total. The number of pyridine rings is 1. The van der Waals surface area contributed by atoms with Gasteiger partial charge in [-0.05, 0) is 87.7 Å². The highest BCUT2D eigenvalue weighted by Gasteiger charge is 2.34. The molecule has 2 amide bonds. The SMILES string of the molecule is Cc1nc(Cl)ccc1NC(=S)N[C@H]1CCc2sc(NC(=O)C3CC3)c(C(=O)NCC3CC3)c2C1. The van der Waals surface area contributed by atoms with Crippen molar-refractivity contribution in [3.8, 4) is 0 Å². The van der Waals surface area contributed by atoms with Gasteiger partial charge in [-0.1, -0.05) is 11.6 Å². The van der Waals surface area contributed by atoms with Gasteiger partial charge in [0.2, 0.25) is 5.91 Å². The van der Waals surface area contributed by atoms with Crippen molar-refractivity contribution in [2.75, 3.05) is 17.2 Å². The predicted molar refractivity (Wildman–Crippen MR) is 140 cm³/mol. The molecule has 0 spiro atoms. The molecule has 3 aliphatic carbocycles. The van der Waals surface area contributed by atoms with Crippen molar-refractivity contribution in [2.45, 2.75) is 57.9 Å². The third-order valence-corrected chi connectivity index (χ3v) is 8.19. The van der Waals surface area contributed by atoms with Crippen LogP contribution in [0.1, 0.15) is 58.6 Å². The van der Waals surface area contributed by atoms with Crippen LogP contribution in [-0.4, -0.2) is 34.5 Å². The number of fused-ring (bicyclic) bond motifs is 1. The number of anilines is 2. The number of hydrogen-bond acceptors (Lipinski definition) is 5. The van der Waals surface area contributed by atoms with E-state index in [9.17, 15) is 9.59 Å². The van der Waals surface area contributed by atoms with Crippen LogP contribution in [0, 0.1) is 18.8 Å². The van der Waals surface area contributed by atoms with Crippen LogP contribution in [0.25, 0.3) is 0 Å². The summed E-state index contributed by atoms with van der Waals surface area (Å²) in [5.74, 6) is 0.623. The van der Waals surface area contributed by atoms with Crippen molar-refractivity contribution in [3.05, 3.63) is 39.0 Å². The number of thiophene rings is 1. The molecular weight excluding hydrogens is 490 g/mol. The Morgan fingerprint density at radius 3 is 2.68 bits per heavy atom. The first-order chi connectivity index (χ1) is 16.4. The summed E-state index contributed by atoms with van der Waals surface area (Å²) in [5, 5.41) is 14.4. The Bertz CT molecular complexity index is 1140. The highest BCUT2D eigenvalue weighted by atomic mass is 35.5. The summed E-state index contributed by atoms with van der Waals surface area (Å²) in [7, 11) is 0. The van der Waals surface area contributed by atoms with Crippen LogP contribution in [0.2, 0.25) is 5.15 Å². The maximum Gasteiger partial charge on any atom is 0.254 e. The topological polar surface area (TPSA) is 95.2 Å². The fourth-order valence-electron chi connectivity index (χ4n) is 4.25. The van der Waals surface area contributed by atoms with E-state index in [1.165, 1.54) is 17.7 Å². The first kappa shape index (κ1) is 23.5. The van der Waals surface area contributed by atoms with Gasteiger partial charge in [-0.25, -0.2) is 4.98 Å². The Labute approximate surface area is 213 Å². The number of nitrogens with one attached hydrogen (secondary N) is 4. The molecular formula is C24H28ClN5O2S2. The monoisotopic (exact) mass is 517 g/mol. The summed E-state index contributed by atoms with van der Waals surface area (Å²) in [6.07, 6.45) is 6.62. The lowest BCUT2D eigenvalue weighted by molar-refractivity contribution is -0.117. The molecule has 180 valence electrons. The quantitative estimate of drug-likeness (QED) is 0.320. The van der Waals surface area contributed by atoms with Gasteiger partial charge in [0.05, 0.1) is 16.9 Å². The van der Waals surface area contributed by atoms with E-state index in [2.05, 4.69) is 26.3 Å². The molecule has 0 bridgehead atoms. The van der Waals surface area contributed by atoms with Gasteiger partial charge in [-0.3, -0.25) is 9.59 Å². The highest BCUT2D eigenvalue weighted by molar-refractivity contribution is 7.80. The summed E-state index contributed by atoms with van der Waals surface area (Å²) in [6.45, 7) is 2.57. The largest absolute Gasteiger partial charge is 0.359 e. The van der Waals surface area contributed by atoms with E-state index in [4.69, 9.17) is 23.8 Å². The van der Waals surface area contributed by atoms with Crippen LogP contribution in [0.4, 0.5) is 10.7 Å². The van der Waals surface area contributed by atoms with Crippen molar-refractivity contribution < 1.29 is 9.59 Å².